The number of piperidine rings is 1. The highest BCUT2D eigenvalue weighted by Gasteiger charge is 2.44. The van der Waals surface area contributed by atoms with Gasteiger partial charge in [-0.2, -0.15) is 0 Å². The first kappa shape index (κ1) is 8.52. The predicted molar refractivity (Wildman–Crippen MR) is 49.0 cm³/mol. The minimum atomic E-state index is -0.120. The molecular weight excluding hydrogens is 150 g/mol. The van der Waals surface area contributed by atoms with E-state index in [9.17, 15) is 5.11 Å². The summed E-state index contributed by atoms with van der Waals surface area (Å²) in [7, 11) is 0. The summed E-state index contributed by atoms with van der Waals surface area (Å²) in [5.74, 6) is 0.719. The molecule has 70 valence electrons. The van der Waals surface area contributed by atoms with Gasteiger partial charge in [-0.1, -0.05) is 0 Å². The van der Waals surface area contributed by atoms with Crippen molar-refractivity contribution < 1.29 is 5.11 Å². The number of hydrogen-bond donors (Lipinski definition) is 2. The van der Waals surface area contributed by atoms with Gasteiger partial charge in [-0.05, 0) is 51.5 Å². The van der Waals surface area contributed by atoms with Gasteiger partial charge in [0, 0.05) is 5.54 Å². The summed E-state index contributed by atoms with van der Waals surface area (Å²) in [5.41, 5.74) is 0.565. The molecule has 12 heavy (non-hydrogen) atoms. The minimum Gasteiger partial charge on any atom is -0.393 e. The fraction of sp³-hybridized carbons (Fsp3) is 1.00. The molecule has 1 saturated carbocycles. The molecule has 0 aromatic heterocycles. The van der Waals surface area contributed by atoms with Gasteiger partial charge in [-0.3, -0.25) is 0 Å². The molecular formula is C10H19NO. The van der Waals surface area contributed by atoms with Gasteiger partial charge < -0.3 is 10.4 Å². The highest BCUT2D eigenvalue weighted by atomic mass is 16.3. The quantitative estimate of drug-likeness (QED) is 0.653. The zero-order valence-corrected chi connectivity index (χ0v) is 7.84. The number of aliphatic hydroxyl groups excluding tert-OH is 1. The van der Waals surface area contributed by atoms with Crippen molar-refractivity contribution in [3.63, 3.8) is 0 Å². The second kappa shape index (κ2) is 3.00. The summed E-state index contributed by atoms with van der Waals surface area (Å²) in [6, 6.07) is 0. The molecule has 0 aromatic rings. The van der Waals surface area contributed by atoms with Crippen LogP contribution in [0.15, 0.2) is 0 Å². The molecule has 2 atom stereocenters. The van der Waals surface area contributed by atoms with Gasteiger partial charge in [0.1, 0.15) is 0 Å². The molecule has 2 heteroatoms. The number of rotatable bonds is 2. The summed E-state index contributed by atoms with van der Waals surface area (Å²) < 4.78 is 0. The molecule has 0 radical (unpaired) electrons. The summed E-state index contributed by atoms with van der Waals surface area (Å²) >= 11 is 0. The summed E-state index contributed by atoms with van der Waals surface area (Å²) in [6.45, 7) is 3.02. The third-order valence-corrected chi connectivity index (χ3v) is 3.32. The lowest BCUT2D eigenvalue weighted by Gasteiger charge is -2.30. The Hall–Kier alpha value is -0.0800. The van der Waals surface area contributed by atoms with Crippen LogP contribution in [0, 0.1) is 5.92 Å². The molecule has 2 unspecified atom stereocenters. The molecule has 1 aliphatic carbocycles. The molecule has 2 N–H and O–H groups in total. The number of aliphatic hydroxyl groups is 1. The Bertz CT molecular complexity index is 153. The second-order valence-corrected chi connectivity index (χ2v) is 4.65. The van der Waals surface area contributed by atoms with Crippen molar-refractivity contribution in [1.29, 1.82) is 0 Å². The van der Waals surface area contributed by atoms with Crippen LogP contribution in [0.5, 0.6) is 0 Å². The molecule has 0 bridgehead atoms. The maximum atomic E-state index is 9.22. The maximum Gasteiger partial charge on any atom is 0.0515 e. The van der Waals surface area contributed by atoms with Gasteiger partial charge in [-0.15, -0.1) is 0 Å². The lowest BCUT2D eigenvalue weighted by Crippen LogP contribution is -2.41. The van der Waals surface area contributed by atoms with Crippen LogP contribution in [0.4, 0.5) is 0 Å². The summed E-state index contributed by atoms with van der Waals surface area (Å²) in [6.07, 6.45) is 6.28. The van der Waals surface area contributed by atoms with Gasteiger partial charge in [0.2, 0.25) is 0 Å². The SMILES string of the molecule is CC(O)CC1CCC2(CC2)NC1. The van der Waals surface area contributed by atoms with Gasteiger partial charge in [0.25, 0.3) is 0 Å². The van der Waals surface area contributed by atoms with Crippen LogP contribution in [0.2, 0.25) is 0 Å². The fourth-order valence-electron chi connectivity index (χ4n) is 2.29. The molecule has 2 rings (SSSR count). The zero-order chi connectivity index (χ0) is 8.60. The smallest absolute Gasteiger partial charge is 0.0515 e. The molecule has 1 aliphatic heterocycles. The van der Waals surface area contributed by atoms with E-state index in [-0.39, 0.29) is 6.10 Å². The Morgan fingerprint density at radius 3 is 2.67 bits per heavy atom. The first-order chi connectivity index (χ1) is 5.70. The third kappa shape index (κ3) is 1.80. The van der Waals surface area contributed by atoms with E-state index in [2.05, 4.69) is 5.32 Å². The van der Waals surface area contributed by atoms with E-state index in [1.807, 2.05) is 6.92 Å². The first-order valence-electron chi connectivity index (χ1n) is 5.13. The minimum absolute atomic E-state index is 0.120. The lowest BCUT2D eigenvalue weighted by molar-refractivity contribution is 0.142. The molecule has 2 fully saturated rings. The predicted octanol–water partition coefficient (Wildman–Crippen LogP) is 1.29. The molecule has 2 nitrogen and oxygen atoms in total. The molecule has 1 spiro atoms. The summed E-state index contributed by atoms with van der Waals surface area (Å²) in [4.78, 5) is 0. The topological polar surface area (TPSA) is 32.3 Å². The van der Waals surface area contributed by atoms with Crippen LogP contribution in [0.1, 0.15) is 39.0 Å². The third-order valence-electron chi connectivity index (χ3n) is 3.32. The zero-order valence-electron chi connectivity index (χ0n) is 7.84. The van der Waals surface area contributed by atoms with Crippen LogP contribution in [-0.4, -0.2) is 23.3 Å². The van der Waals surface area contributed by atoms with E-state index < -0.39 is 0 Å². The molecule has 0 aromatic carbocycles. The lowest BCUT2D eigenvalue weighted by atomic mass is 9.89. The largest absolute Gasteiger partial charge is 0.393 e. The van der Waals surface area contributed by atoms with Crippen molar-refractivity contribution in [1.82, 2.24) is 5.32 Å². The van der Waals surface area contributed by atoms with Crippen molar-refractivity contribution in [2.75, 3.05) is 6.54 Å². The van der Waals surface area contributed by atoms with Gasteiger partial charge >= 0.3 is 0 Å². The van der Waals surface area contributed by atoms with Crippen LogP contribution >= 0.6 is 0 Å². The molecule has 1 heterocycles. The van der Waals surface area contributed by atoms with E-state index in [0.717, 1.165) is 18.9 Å². The van der Waals surface area contributed by atoms with Crippen molar-refractivity contribution in [2.45, 2.75) is 50.7 Å². The first-order valence-corrected chi connectivity index (χ1v) is 5.13. The maximum absolute atomic E-state index is 9.22. The average Bonchev–Trinajstić information content (AvgIpc) is 2.75. The monoisotopic (exact) mass is 169 g/mol. The van der Waals surface area contributed by atoms with E-state index in [1.54, 1.807) is 0 Å². The Balaban J connectivity index is 1.74. The highest BCUT2D eigenvalue weighted by Crippen LogP contribution is 2.43. The Morgan fingerprint density at radius 2 is 2.25 bits per heavy atom. The highest BCUT2D eigenvalue weighted by molar-refractivity contribution is 5.04. The molecule has 1 saturated heterocycles. The van der Waals surface area contributed by atoms with Crippen molar-refractivity contribution >= 4 is 0 Å². The standard InChI is InChI=1S/C10H19NO/c1-8(12)6-9-2-3-10(4-5-10)11-7-9/h8-9,11-12H,2-7H2,1H3. The van der Waals surface area contributed by atoms with Crippen molar-refractivity contribution in [3.8, 4) is 0 Å². The number of nitrogens with one attached hydrogen (secondary N) is 1. The van der Waals surface area contributed by atoms with E-state index in [4.69, 9.17) is 0 Å². The second-order valence-electron chi connectivity index (χ2n) is 4.65. The van der Waals surface area contributed by atoms with Crippen LogP contribution in [-0.2, 0) is 0 Å². The van der Waals surface area contributed by atoms with Crippen molar-refractivity contribution in [2.24, 2.45) is 5.92 Å². The van der Waals surface area contributed by atoms with Gasteiger partial charge in [0.15, 0.2) is 0 Å². The molecule has 2 aliphatic rings. The van der Waals surface area contributed by atoms with Crippen LogP contribution in [0.3, 0.4) is 0 Å². The fourth-order valence-corrected chi connectivity index (χ4v) is 2.29. The van der Waals surface area contributed by atoms with Gasteiger partial charge in [-0.25, -0.2) is 0 Å². The molecule has 0 amide bonds. The average molecular weight is 169 g/mol. The Morgan fingerprint density at radius 1 is 1.50 bits per heavy atom. The van der Waals surface area contributed by atoms with E-state index >= 15 is 0 Å². The van der Waals surface area contributed by atoms with Crippen molar-refractivity contribution in [3.05, 3.63) is 0 Å². The Labute approximate surface area is 74.4 Å². The van der Waals surface area contributed by atoms with E-state index in [1.165, 1.54) is 25.7 Å². The van der Waals surface area contributed by atoms with Gasteiger partial charge in [0.05, 0.1) is 6.10 Å². The van der Waals surface area contributed by atoms with Crippen LogP contribution < -0.4 is 5.32 Å². The van der Waals surface area contributed by atoms with Crippen LogP contribution in [0.25, 0.3) is 0 Å². The Kier molecular flexibility index (Phi) is 2.13. The van der Waals surface area contributed by atoms with E-state index in [0.29, 0.717) is 5.54 Å². The normalized spacial score (nSPS) is 35.0. The summed E-state index contributed by atoms with van der Waals surface area (Å²) in [5, 5.41) is 12.8. The number of hydrogen-bond acceptors (Lipinski definition) is 2.